The summed E-state index contributed by atoms with van der Waals surface area (Å²) in [6, 6.07) is 9.95. The van der Waals surface area contributed by atoms with Crippen LogP contribution in [0.15, 0.2) is 40.9 Å². The van der Waals surface area contributed by atoms with E-state index < -0.39 is 35.9 Å². The van der Waals surface area contributed by atoms with Gasteiger partial charge in [-0.1, -0.05) is 42.4 Å². The van der Waals surface area contributed by atoms with Crippen LogP contribution < -0.4 is 22.3 Å². The van der Waals surface area contributed by atoms with Crippen molar-refractivity contribution in [1.29, 1.82) is 0 Å². The summed E-state index contributed by atoms with van der Waals surface area (Å²) in [6.45, 7) is 4.13. The van der Waals surface area contributed by atoms with Crippen molar-refractivity contribution in [3.8, 4) is 0 Å². The zero-order chi connectivity index (χ0) is 26.3. The van der Waals surface area contributed by atoms with Crippen molar-refractivity contribution in [3.05, 3.63) is 47.7 Å². The highest BCUT2D eigenvalue weighted by Gasteiger charge is 2.56. The van der Waals surface area contributed by atoms with Crippen molar-refractivity contribution in [1.82, 2.24) is 5.16 Å². The number of aryl methyl sites for hydroxylation is 1. The highest BCUT2D eigenvalue weighted by Crippen LogP contribution is 2.48. The van der Waals surface area contributed by atoms with Gasteiger partial charge in [0.2, 0.25) is 5.92 Å². The zero-order valence-corrected chi connectivity index (χ0v) is 23.0. The Morgan fingerprint density at radius 3 is 2.55 bits per heavy atom. The Balaban J connectivity index is 0.00000336. The number of hydrogen-bond acceptors (Lipinski definition) is 6. The minimum Gasteiger partial charge on any atom is -1.00 e. The number of fused-ring (bicyclic) bond motifs is 3. The number of aliphatic hydroxyl groups is 1. The second-order valence-electron chi connectivity index (χ2n) is 10.9. The molecule has 4 aliphatic rings. The van der Waals surface area contributed by atoms with Crippen molar-refractivity contribution >= 4 is 17.7 Å². The third kappa shape index (κ3) is 5.65. The number of carbonyl (C=O) groups is 2. The summed E-state index contributed by atoms with van der Waals surface area (Å²) in [7, 11) is 0. The van der Waals surface area contributed by atoms with Crippen molar-refractivity contribution in [2.24, 2.45) is 11.8 Å². The largest absolute Gasteiger partial charge is 1.00 e. The average molecular weight is 598 g/mol. The van der Waals surface area contributed by atoms with Crippen LogP contribution in [0.25, 0.3) is 0 Å². The Morgan fingerprint density at radius 2 is 1.95 bits per heavy atom. The quantitative estimate of drug-likeness (QED) is 0.342. The van der Waals surface area contributed by atoms with Crippen LogP contribution in [0.2, 0.25) is 0 Å². The molecule has 6 rings (SSSR count). The predicted octanol–water partition coefficient (Wildman–Crippen LogP) is 0.655. The van der Waals surface area contributed by atoms with Crippen LogP contribution in [0.3, 0.4) is 0 Å². The van der Waals surface area contributed by atoms with Gasteiger partial charge in [-0.15, -0.1) is 0 Å². The number of alkyl halides is 2. The van der Waals surface area contributed by atoms with Crippen LogP contribution in [-0.4, -0.2) is 64.8 Å². The van der Waals surface area contributed by atoms with Crippen molar-refractivity contribution < 1.29 is 54.2 Å². The summed E-state index contributed by atoms with van der Waals surface area (Å²) >= 11 is 0. The molecule has 1 aromatic carbocycles. The normalized spacial score (nSPS) is 29.2. The van der Waals surface area contributed by atoms with E-state index in [1.165, 1.54) is 0 Å². The maximum atomic E-state index is 14.1. The van der Waals surface area contributed by atoms with Crippen LogP contribution in [0.5, 0.6) is 0 Å². The molecule has 2 bridgehead atoms. The van der Waals surface area contributed by atoms with E-state index in [0.717, 1.165) is 25.9 Å². The molecule has 3 aliphatic heterocycles. The molecule has 3 atom stereocenters. The summed E-state index contributed by atoms with van der Waals surface area (Å²) in [5.74, 6) is -3.78. The maximum absolute atomic E-state index is 14.1. The predicted molar refractivity (Wildman–Crippen MR) is 129 cm³/mol. The SMILES string of the molecule is CCc1cc(NC(=O)C[N+]23CCC(CC2)C(OC(=O)[C@](O)(c2ccccc2)C2CCC(F)(F)C2)C3)no1.[Br-]. The number of aromatic nitrogens is 1. The molecule has 1 saturated carbocycles. The Kier molecular flexibility index (Phi) is 8.30. The molecule has 11 heteroatoms. The molecule has 208 valence electrons. The number of amides is 1. The first-order chi connectivity index (χ1) is 17.6. The van der Waals surface area contributed by atoms with Crippen molar-refractivity contribution in [2.45, 2.75) is 63.1 Å². The molecule has 2 aromatic rings. The van der Waals surface area contributed by atoms with Gasteiger partial charge in [-0.2, -0.15) is 0 Å². The molecule has 0 spiro atoms. The molecular weight excluding hydrogens is 564 g/mol. The number of anilines is 1. The molecule has 0 radical (unpaired) electrons. The smallest absolute Gasteiger partial charge is 0.343 e. The van der Waals surface area contributed by atoms with Gasteiger partial charge in [-0.25, -0.2) is 13.6 Å². The molecule has 4 fully saturated rings. The number of piperidine rings is 3. The molecule has 4 heterocycles. The van der Waals surface area contributed by atoms with E-state index in [2.05, 4.69) is 10.5 Å². The van der Waals surface area contributed by atoms with Gasteiger partial charge in [0, 0.05) is 50.0 Å². The summed E-state index contributed by atoms with van der Waals surface area (Å²) in [6.07, 6.45) is 0.824. The number of carbonyl (C=O) groups excluding carboxylic acids is 2. The van der Waals surface area contributed by atoms with Gasteiger partial charge in [0.15, 0.2) is 24.1 Å². The second-order valence-corrected chi connectivity index (χ2v) is 10.9. The summed E-state index contributed by atoms with van der Waals surface area (Å²) in [5, 5.41) is 18.3. The molecular formula is C27H34BrF2N3O5. The Bertz CT molecular complexity index is 1140. The number of nitrogens with zero attached hydrogens (tertiary/aromatic N) is 2. The Morgan fingerprint density at radius 1 is 1.24 bits per heavy atom. The molecule has 2 unspecified atom stereocenters. The fourth-order valence-corrected chi connectivity index (χ4v) is 6.35. The van der Waals surface area contributed by atoms with Crippen LogP contribution in [0.4, 0.5) is 14.6 Å². The second kappa shape index (κ2) is 11.0. The summed E-state index contributed by atoms with van der Waals surface area (Å²) in [5.41, 5.74) is -1.88. The number of rotatable bonds is 8. The van der Waals surface area contributed by atoms with E-state index in [9.17, 15) is 23.5 Å². The fourth-order valence-electron chi connectivity index (χ4n) is 6.35. The molecule has 1 aromatic heterocycles. The minimum absolute atomic E-state index is 0. The topological polar surface area (TPSA) is 102 Å². The Labute approximate surface area is 231 Å². The van der Waals surface area contributed by atoms with Crippen molar-refractivity contribution in [2.75, 3.05) is 31.5 Å². The number of quaternary nitrogens is 1. The number of ether oxygens (including phenoxy) is 1. The minimum atomic E-state index is -2.92. The van der Waals surface area contributed by atoms with E-state index >= 15 is 0 Å². The van der Waals surface area contributed by atoms with Gasteiger partial charge in [0.1, 0.15) is 12.3 Å². The van der Waals surface area contributed by atoms with E-state index in [4.69, 9.17) is 9.26 Å². The number of nitrogens with one attached hydrogen (secondary N) is 1. The van der Waals surface area contributed by atoms with Gasteiger partial charge in [0.05, 0.1) is 13.1 Å². The lowest BCUT2D eigenvalue weighted by Gasteiger charge is -2.51. The highest BCUT2D eigenvalue weighted by molar-refractivity contribution is 5.90. The molecule has 1 aliphatic carbocycles. The van der Waals surface area contributed by atoms with E-state index in [0.29, 0.717) is 29.0 Å². The van der Waals surface area contributed by atoms with Gasteiger partial charge in [-0.05, 0) is 12.0 Å². The van der Waals surface area contributed by atoms with Crippen LogP contribution >= 0.6 is 0 Å². The van der Waals surface area contributed by atoms with E-state index in [1.54, 1.807) is 36.4 Å². The average Bonchev–Trinajstić information content (AvgIpc) is 3.49. The highest BCUT2D eigenvalue weighted by atomic mass is 79.9. The molecule has 1 amide bonds. The van der Waals surface area contributed by atoms with E-state index in [1.807, 2.05) is 6.92 Å². The number of benzene rings is 1. The zero-order valence-electron chi connectivity index (χ0n) is 21.4. The Hall–Kier alpha value is -2.37. The monoisotopic (exact) mass is 597 g/mol. The fraction of sp³-hybridized carbons (Fsp3) is 0.593. The standard InChI is InChI=1S/C27H33F2N3O5.BrH/c1-2-21-14-23(31-37-21)30-24(33)17-32-12-9-18(10-13-32)22(16-32)36-25(34)27(35,19-6-4-3-5-7-19)20-8-11-26(28,29)15-20;/h3-7,14,18,20,22,35H,2,8-13,15-17H2,1H3;1H/t18?,20?,22?,27-,32?;/m0./s1. The third-order valence-corrected chi connectivity index (χ3v) is 8.47. The number of hydrogen-bond donors (Lipinski definition) is 2. The number of esters is 1. The van der Waals surface area contributed by atoms with Crippen LogP contribution in [0.1, 0.15) is 50.4 Å². The lowest BCUT2D eigenvalue weighted by Crippen LogP contribution is -3.00. The first kappa shape index (κ1) is 28.6. The molecule has 3 saturated heterocycles. The molecule has 2 N–H and O–H groups in total. The maximum Gasteiger partial charge on any atom is 0.343 e. The van der Waals surface area contributed by atoms with Gasteiger partial charge < -0.3 is 41.1 Å². The van der Waals surface area contributed by atoms with Crippen molar-refractivity contribution in [3.63, 3.8) is 0 Å². The van der Waals surface area contributed by atoms with Gasteiger partial charge in [0.25, 0.3) is 5.91 Å². The van der Waals surface area contributed by atoms with Gasteiger partial charge in [-0.3, -0.25) is 4.79 Å². The van der Waals surface area contributed by atoms with Crippen LogP contribution in [0, 0.1) is 11.8 Å². The molecule has 38 heavy (non-hydrogen) atoms. The first-order valence-corrected chi connectivity index (χ1v) is 13.1. The summed E-state index contributed by atoms with van der Waals surface area (Å²) < 4.78 is 39.8. The molecule has 8 nitrogen and oxygen atoms in total. The first-order valence-electron chi connectivity index (χ1n) is 13.1. The lowest BCUT2D eigenvalue weighted by molar-refractivity contribution is -0.939. The summed E-state index contributed by atoms with van der Waals surface area (Å²) in [4.78, 5) is 26.4. The number of halogens is 3. The lowest BCUT2D eigenvalue weighted by atomic mass is 9.79. The van der Waals surface area contributed by atoms with Crippen LogP contribution in [-0.2, 0) is 26.3 Å². The van der Waals surface area contributed by atoms with E-state index in [-0.39, 0.29) is 53.8 Å². The van der Waals surface area contributed by atoms with Gasteiger partial charge >= 0.3 is 5.97 Å². The third-order valence-electron chi connectivity index (χ3n) is 8.47.